The van der Waals surface area contributed by atoms with E-state index in [1.165, 1.54) is 0 Å². The van der Waals surface area contributed by atoms with Crippen LogP contribution in [0.15, 0.2) is 0 Å². The Hall–Kier alpha value is 0.170. The Morgan fingerprint density at radius 2 is 2.14 bits per heavy atom. The van der Waals surface area contributed by atoms with E-state index in [1.807, 2.05) is 0 Å². The Balaban J connectivity index is 0.000000360. The van der Waals surface area contributed by atoms with E-state index in [1.54, 1.807) is 0 Å². The third-order valence-corrected chi connectivity index (χ3v) is 0.964. The quantitative estimate of drug-likeness (QED) is 0.408. The van der Waals surface area contributed by atoms with Crippen molar-refractivity contribution in [3.63, 3.8) is 0 Å². The lowest BCUT2D eigenvalue weighted by atomic mass is 10.2. The lowest BCUT2D eigenvalue weighted by Gasteiger charge is -2.24. The fourth-order valence-corrected chi connectivity index (χ4v) is 0.380. The van der Waals surface area contributed by atoms with Crippen LogP contribution in [0.4, 0.5) is 0 Å². The molecule has 0 aromatic rings. The van der Waals surface area contributed by atoms with Crippen molar-refractivity contribution in [2.75, 3.05) is 13.1 Å². The fourth-order valence-electron chi connectivity index (χ4n) is 0.380. The summed E-state index contributed by atoms with van der Waals surface area (Å²) in [6, 6.07) is 0.310. The standard InChI is InChI=1S/C3H8N2O.ClH/c6-5-3-1-4-2-3;/h3-6H,1-2H2;1H. The van der Waals surface area contributed by atoms with Crippen molar-refractivity contribution >= 4 is 12.4 Å². The molecule has 0 unspecified atom stereocenters. The molecule has 0 saturated carbocycles. The molecule has 1 aliphatic heterocycles. The summed E-state index contributed by atoms with van der Waals surface area (Å²) in [6.07, 6.45) is 0. The molecule has 0 amide bonds. The van der Waals surface area contributed by atoms with Gasteiger partial charge in [0.15, 0.2) is 0 Å². The van der Waals surface area contributed by atoms with Crippen molar-refractivity contribution in [1.29, 1.82) is 0 Å². The van der Waals surface area contributed by atoms with E-state index in [2.05, 4.69) is 10.8 Å². The predicted molar refractivity (Wildman–Crippen MR) is 28.8 cm³/mol. The maximum Gasteiger partial charge on any atom is 0.0568 e. The first kappa shape index (κ1) is 7.17. The van der Waals surface area contributed by atoms with E-state index in [0.717, 1.165) is 13.1 Å². The molecule has 0 atom stereocenters. The third kappa shape index (κ3) is 1.61. The molecular formula is C3H9ClN2O. The van der Waals surface area contributed by atoms with E-state index in [4.69, 9.17) is 5.21 Å². The van der Waals surface area contributed by atoms with Crippen LogP contribution < -0.4 is 10.8 Å². The van der Waals surface area contributed by atoms with Gasteiger partial charge in [0.05, 0.1) is 6.04 Å². The molecule has 7 heavy (non-hydrogen) atoms. The van der Waals surface area contributed by atoms with Crippen LogP contribution >= 0.6 is 12.4 Å². The van der Waals surface area contributed by atoms with E-state index in [0.29, 0.717) is 6.04 Å². The van der Waals surface area contributed by atoms with Gasteiger partial charge in [0.1, 0.15) is 0 Å². The molecular weight excluding hydrogens is 115 g/mol. The molecule has 1 rings (SSSR count). The highest BCUT2D eigenvalue weighted by Gasteiger charge is 2.13. The van der Waals surface area contributed by atoms with Crippen molar-refractivity contribution in [3.05, 3.63) is 0 Å². The Bertz CT molecular complexity index is 45.4. The Morgan fingerprint density at radius 3 is 2.14 bits per heavy atom. The van der Waals surface area contributed by atoms with Gasteiger partial charge in [0.25, 0.3) is 0 Å². The van der Waals surface area contributed by atoms with Crippen molar-refractivity contribution in [3.8, 4) is 0 Å². The summed E-state index contributed by atoms with van der Waals surface area (Å²) < 4.78 is 0. The first-order valence-corrected chi connectivity index (χ1v) is 2.04. The molecule has 1 heterocycles. The maximum atomic E-state index is 8.10. The smallest absolute Gasteiger partial charge is 0.0568 e. The highest BCUT2D eigenvalue weighted by atomic mass is 35.5. The lowest BCUT2D eigenvalue weighted by molar-refractivity contribution is 0.101. The van der Waals surface area contributed by atoms with Gasteiger partial charge in [0.2, 0.25) is 0 Å². The van der Waals surface area contributed by atoms with Gasteiger partial charge < -0.3 is 10.5 Å². The van der Waals surface area contributed by atoms with Crippen molar-refractivity contribution in [2.24, 2.45) is 0 Å². The monoisotopic (exact) mass is 124 g/mol. The molecule has 3 N–H and O–H groups in total. The van der Waals surface area contributed by atoms with E-state index < -0.39 is 0 Å². The molecule has 4 heteroatoms. The highest BCUT2D eigenvalue weighted by Crippen LogP contribution is 1.85. The van der Waals surface area contributed by atoms with Crippen molar-refractivity contribution in [1.82, 2.24) is 10.8 Å². The average molecular weight is 125 g/mol. The molecule has 0 radical (unpaired) electrons. The molecule has 1 saturated heterocycles. The van der Waals surface area contributed by atoms with E-state index >= 15 is 0 Å². The molecule has 0 bridgehead atoms. The van der Waals surface area contributed by atoms with Gasteiger partial charge >= 0.3 is 0 Å². The number of hydroxylamine groups is 1. The van der Waals surface area contributed by atoms with Gasteiger partial charge in [-0.25, -0.2) is 0 Å². The van der Waals surface area contributed by atoms with Crippen LogP contribution in [0.2, 0.25) is 0 Å². The average Bonchev–Trinajstić information content (AvgIpc) is 1.31. The maximum absolute atomic E-state index is 8.10. The Morgan fingerprint density at radius 1 is 1.57 bits per heavy atom. The highest BCUT2D eigenvalue weighted by molar-refractivity contribution is 5.85. The van der Waals surface area contributed by atoms with Crippen LogP contribution in [0, 0.1) is 0 Å². The minimum absolute atomic E-state index is 0. The number of hydrogen-bond donors (Lipinski definition) is 3. The molecule has 0 aromatic heterocycles. The fraction of sp³-hybridized carbons (Fsp3) is 1.00. The second-order valence-corrected chi connectivity index (χ2v) is 1.48. The zero-order valence-electron chi connectivity index (χ0n) is 3.85. The largest absolute Gasteiger partial charge is 0.316 e. The van der Waals surface area contributed by atoms with Gasteiger partial charge in [-0.05, 0) is 0 Å². The lowest BCUT2D eigenvalue weighted by Crippen LogP contribution is -2.54. The normalized spacial score (nSPS) is 20.1. The Kier molecular flexibility index (Phi) is 3.29. The van der Waals surface area contributed by atoms with Gasteiger partial charge in [-0.15, -0.1) is 12.4 Å². The molecule has 0 aromatic carbocycles. The molecule has 44 valence electrons. The van der Waals surface area contributed by atoms with Crippen molar-refractivity contribution in [2.45, 2.75) is 6.04 Å². The second-order valence-electron chi connectivity index (χ2n) is 1.48. The van der Waals surface area contributed by atoms with E-state index in [-0.39, 0.29) is 12.4 Å². The molecule has 0 spiro atoms. The first-order chi connectivity index (χ1) is 2.93. The number of rotatable bonds is 1. The zero-order valence-corrected chi connectivity index (χ0v) is 4.66. The molecule has 1 aliphatic rings. The topological polar surface area (TPSA) is 44.3 Å². The SMILES string of the molecule is Cl.ONC1CNC1. The number of hydrogen-bond acceptors (Lipinski definition) is 3. The van der Waals surface area contributed by atoms with Crippen molar-refractivity contribution < 1.29 is 5.21 Å². The minimum Gasteiger partial charge on any atom is -0.316 e. The predicted octanol–water partition coefficient (Wildman–Crippen LogP) is -0.641. The first-order valence-electron chi connectivity index (χ1n) is 2.04. The minimum atomic E-state index is 0. The summed E-state index contributed by atoms with van der Waals surface area (Å²) in [6.45, 7) is 1.80. The van der Waals surface area contributed by atoms with Gasteiger partial charge in [-0.1, -0.05) is 0 Å². The number of nitrogens with one attached hydrogen (secondary N) is 2. The van der Waals surface area contributed by atoms with Gasteiger partial charge in [0, 0.05) is 13.1 Å². The zero-order chi connectivity index (χ0) is 4.41. The molecule has 3 nitrogen and oxygen atoms in total. The molecule has 0 aliphatic carbocycles. The summed E-state index contributed by atoms with van der Waals surface area (Å²) in [4.78, 5) is 0. The summed E-state index contributed by atoms with van der Waals surface area (Å²) in [5.41, 5.74) is 2.14. The van der Waals surface area contributed by atoms with E-state index in [9.17, 15) is 0 Å². The Labute approximate surface area is 48.5 Å². The second kappa shape index (κ2) is 3.21. The van der Waals surface area contributed by atoms with Gasteiger partial charge in [-0.3, -0.25) is 0 Å². The summed E-state index contributed by atoms with van der Waals surface area (Å²) in [5.74, 6) is 0. The van der Waals surface area contributed by atoms with Gasteiger partial charge in [-0.2, -0.15) is 5.48 Å². The summed E-state index contributed by atoms with van der Waals surface area (Å²) in [7, 11) is 0. The molecule has 1 fully saturated rings. The van der Waals surface area contributed by atoms with Crippen LogP contribution in [-0.4, -0.2) is 24.3 Å². The van der Waals surface area contributed by atoms with Crippen LogP contribution in [-0.2, 0) is 0 Å². The van der Waals surface area contributed by atoms with Crippen LogP contribution in [0.3, 0.4) is 0 Å². The van der Waals surface area contributed by atoms with Crippen LogP contribution in [0.5, 0.6) is 0 Å². The van der Waals surface area contributed by atoms with Crippen LogP contribution in [0.25, 0.3) is 0 Å². The third-order valence-electron chi connectivity index (χ3n) is 0.964. The van der Waals surface area contributed by atoms with Crippen LogP contribution in [0.1, 0.15) is 0 Å². The summed E-state index contributed by atoms with van der Waals surface area (Å²) >= 11 is 0. The number of halogens is 1. The summed E-state index contributed by atoms with van der Waals surface area (Å²) in [5, 5.41) is 11.1.